The SMILES string of the molecule is CCCCCCCCCCCCCCOC(=O)[C@@H]1C[C@@H](O)CN1. The lowest BCUT2D eigenvalue weighted by Crippen LogP contribution is -2.32. The number of aliphatic hydroxyl groups is 1. The molecule has 0 aliphatic carbocycles. The number of ether oxygens (including phenoxy) is 1. The summed E-state index contributed by atoms with van der Waals surface area (Å²) in [7, 11) is 0. The minimum Gasteiger partial charge on any atom is -0.465 e. The summed E-state index contributed by atoms with van der Waals surface area (Å²) in [5.74, 6) is -0.204. The normalized spacial score (nSPS) is 20.8. The number of aliphatic hydroxyl groups excluding tert-OH is 1. The highest BCUT2D eigenvalue weighted by Crippen LogP contribution is 2.12. The smallest absolute Gasteiger partial charge is 0.323 e. The average molecular weight is 328 g/mol. The van der Waals surface area contributed by atoms with Crippen LogP contribution < -0.4 is 5.32 Å². The van der Waals surface area contributed by atoms with Crippen molar-refractivity contribution in [2.75, 3.05) is 13.2 Å². The first kappa shape index (κ1) is 20.4. The molecule has 4 nitrogen and oxygen atoms in total. The van der Waals surface area contributed by atoms with Gasteiger partial charge in [0.25, 0.3) is 0 Å². The number of hydrogen-bond donors (Lipinski definition) is 2. The van der Waals surface area contributed by atoms with E-state index >= 15 is 0 Å². The van der Waals surface area contributed by atoms with E-state index in [9.17, 15) is 9.90 Å². The summed E-state index contributed by atoms with van der Waals surface area (Å²) in [4.78, 5) is 11.7. The Hall–Kier alpha value is -0.610. The maximum atomic E-state index is 11.7. The van der Waals surface area contributed by atoms with Gasteiger partial charge in [-0.3, -0.25) is 4.79 Å². The number of carbonyl (C=O) groups is 1. The van der Waals surface area contributed by atoms with Crippen LogP contribution in [0.5, 0.6) is 0 Å². The third-order valence-electron chi connectivity index (χ3n) is 4.63. The number of unbranched alkanes of at least 4 members (excludes halogenated alkanes) is 11. The van der Waals surface area contributed by atoms with Crippen LogP contribution in [0.25, 0.3) is 0 Å². The van der Waals surface area contributed by atoms with Crippen molar-refractivity contribution in [1.29, 1.82) is 0 Å². The third kappa shape index (κ3) is 10.7. The molecule has 4 heteroatoms. The monoisotopic (exact) mass is 327 g/mol. The fraction of sp³-hybridized carbons (Fsp3) is 0.947. The van der Waals surface area contributed by atoms with E-state index in [0.29, 0.717) is 19.6 Å². The van der Waals surface area contributed by atoms with Crippen molar-refractivity contribution in [3.05, 3.63) is 0 Å². The summed E-state index contributed by atoms with van der Waals surface area (Å²) in [5, 5.41) is 12.3. The van der Waals surface area contributed by atoms with Crippen LogP contribution in [0.15, 0.2) is 0 Å². The molecule has 1 saturated heterocycles. The van der Waals surface area contributed by atoms with Crippen LogP contribution in [-0.2, 0) is 9.53 Å². The molecule has 0 saturated carbocycles. The fourth-order valence-electron chi connectivity index (χ4n) is 3.11. The summed E-state index contributed by atoms with van der Waals surface area (Å²) in [6.07, 6.45) is 15.8. The van der Waals surface area contributed by atoms with E-state index in [-0.39, 0.29) is 12.0 Å². The van der Waals surface area contributed by atoms with Crippen LogP contribution in [-0.4, -0.2) is 36.4 Å². The summed E-state index contributed by atoms with van der Waals surface area (Å²) < 4.78 is 5.25. The van der Waals surface area contributed by atoms with Crippen LogP contribution in [0, 0.1) is 0 Å². The zero-order valence-corrected chi connectivity index (χ0v) is 15.0. The average Bonchev–Trinajstić information content (AvgIpc) is 2.98. The van der Waals surface area contributed by atoms with E-state index in [1.54, 1.807) is 0 Å². The van der Waals surface area contributed by atoms with Gasteiger partial charge in [-0.1, -0.05) is 77.6 Å². The van der Waals surface area contributed by atoms with E-state index in [1.165, 1.54) is 64.2 Å². The van der Waals surface area contributed by atoms with Crippen molar-refractivity contribution < 1.29 is 14.6 Å². The Balaban J connectivity index is 1.77. The van der Waals surface area contributed by atoms with Crippen molar-refractivity contribution in [3.63, 3.8) is 0 Å². The molecule has 0 aromatic carbocycles. The first-order valence-electron chi connectivity index (χ1n) is 9.82. The van der Waals surface area contributed by atoms with Gasteiger partial charge in [-0.2, -0.15) is 0 Å². The molecule has 0 radical (unpaired) electrons. The first-order valence-corrected chi connectivity index (χ1v) is 9.82. The molecule has 23 heavy (non-hydrogen) atoms. The third-order valence-corrected chi connectivity index (χ3v) is 4.63. The Morgan fingerprint density at radius 2 is 1.48 bits per heavy atom. The molecule has 136 valence electrons. The molecular formula is C19H37NO3. The maximum Gasteiger partial charge on any atom is 0.323 e. The van der Waals surface area contributed by atoms with Gasteiger partial charge in [0.05, 0.1) is 12.7 Å². The summed E-state index contributed by atoms with van der Waals surface area (Å²) in [6, 6.07) is -0.303. The number of rotatable bonds is 14. The molecule has 1 rings (SSSR count). The van der Waals surface area contributed by atoms with Crippen molar-refractivity contribution >= 4 is 5.97 Å². The van der Waals surface area contributed by atoms with Crippen molar-refractivity contribution in [2.45, 2.75) is 103 Å². The topological polar surface area (TPSA) is 58.6 Å². The van der Waals surface area contributed by atoms with Crippen LogP contribution in [0.4, 0.5) is 0 Å². The molecule has 1 fully saturated rings. The number of β-amino-alcohol motifs (C(OH)–C–C–N with tert-alkyl or cyclic N) is 1. The molecule has 2 atom stereocenters. The van der Waals surface area contributed by atoms with Gasteiger partial charge >= 0.3 is 5.97 Å². The summed E-state index contributed by atoms with van der Waals surface area (Å²) in [5.41, 5.74) is 0. The molecule has 2 N–H and O–H groups in total. The second kappa shape index (κ2) is 13.8. The lowest BCUT2D eigenvalue weighted by Gasteiger charge is -2.10. The highest BCUT2D eigenvalue weighted by Gasteiger charge is 2.28. The second-order valence-electron chi connectivity index (χ2n) is 6.91. The largest absolute Gasteiger partial charge is 0.465 e. The van der Waals surface area contributed by atoms with Gasteiger partial charge in [0.2, 0.25) is 0 Å². The minimum absolute atomic E-state index is 0.204. The molecule has 0 spiro atoms. The molecule has 0 amide bonds. The van der Waals surface area contributed by atoms with Crippen LogP contribution in [0.2, 0.25) is 0 Å². The number of hydrogen-bond acceptors (Lipinski definition) is 4. The van der Waals surface area contributed by atoms with Gasteiger partial charge < -0.3 is 15.2 Å². The van der Waals surface area contributed by atoms with Gasteiger partial charge in [-0.05, 0) is 6.42 Å². The molecule has 1 heterocycles. The Labute approximate surface area is 142 Å². The van der Waals surface area contributed by atoms with E-state index in [1.807, 2.05) is 0 Å². The van der Waals surface area contributed by atoms with Gasteiger partial charge in [0.15, 0.2) is 0 Å². The van der Waals surface area contributed by atoms with E-state index < -0.39 is 6.10 Å². The highest BCUT2D eigenvalue weighted by atomic mass is 16.5. The molecule has 0 aromatic heterocycles. The number of esters is 1. The fourth-order valence-corrected chi connectivity index (χ4v) is 3.11. The predicted octanol–water partition coefficient (Wildman–Crippen LogP) is 3.95. The van der Waals surface area contributed by atoms with Crippen molar-refractivity contribution in [3.8, 4) is 0 Å². The molecular weight excluding hydrogens is 290 g/mol. The number of nitrogens with one attached hydrogen (secondary N) is 1. The zero-order valence-electron chi connectivity index (χ0n) is 15.0. The van der Waals surface area contributed by atoms with E-state index in [4.69, 9.17) is 4.74 Å². The van der Waals surface area contributed by atoms with Crippen molar-refractivity contribution in [2.24, 2.45) is 0 Å². The van der Waals surface area contributed by atoms with Crippen LogP contribution in [0.1, 0.15) is 90.4 Å². The lowest BCUT2D eigenvalue weighted by molar-refractivity contribution is -0.146. The summed E-state index contributed by atoms with van der Waals surface area (Å²) >= 11 is 0. The van der Waals surface area contributed by atoms with Crippen LogP contribution >= 0.6 is 0 Å². The standard InChI is InChI=1S/C19H37NO3/c1-2-3-4-5-6-7-8-9-10-11-12-13-14-23-19(22)18-15-17(21)16-20-18/h17-18,20-21H,2-16H2,1H3/t17-,18+/m1/s1. The summed E-state index contributed by atoms with van der Waals surface area (Å²) in [6.45, 7) is 3.28. The van der Waals surface area contributed by atoms with Gasteiger partial charge in [-0.15, -0.1) is 0 Å². The molecule has 1 aliphatic rings. The zero-order chi connectivity index (χ0) is 16.8. The molecule has 1 aliphatic heterocycles. The van der Waals surface area contributed by atoms with E-state index in [2.05, 4.69) is 12.2 Å². The quantitative estimate of drug-likeness (QED) is 0.374. The number of carbonyl (C=O) groups excluding carboxylic acids is 1. The Kier molecular flexibility index (Phi) is 12.3. The Morgan fingerprint density at radius 3 is 1.96 bits per heavy atom. The lowest BCUT2D eigenvalue weighted by atomic mass is 10.1. The van der Waals surface area contributed by atoms with Crippen molar-refractivity contribution in [1.82, 2.24) is 5.32 Å². The maximum absolute atomic E-state index is 11.7. The van der Waals surface area contributed by atoms with Gasteiger partial charge in [0.1, 0.15) is 6.04 Å². The first-order chi connectivity index (χ1) is 11.2. The van der Waals surface area contributed by atoms with Gasteiger partial charge in [0, 0.05) is 13.0 Å². The second-order valence-corrected chi connectivity index (χ2v) is 6.91. The Morgan fingerprint density at radius 1 is 0.957 bits per heavy atom. The highest BCUT2D eigenvalue weighted by molar-refractivity contribution is 5.76. The van der Waals surface area contributed by atoms with E-state index in [0.717, 1.165) is 12.8 Å². The molecule has 0 unspecified atom stereocenters. The minimum atomic E-state index is -0.404. The predicted molar refractivity (Wildman–Crippen MR) is 94.5 cm³/mol. The molecule has 0 aromatic rings. The Bertz CT molecular complexity index is 296. The molecule has 0 bridgehead atoms. The van der Waals surface area contributed by atoms with Gasteiger partial charge in [-0.25, -0.2) is 0 Å². The van der Waals surface area contributed by atoms with Crippen LogP contribution in [0.3, 0.4) is 0 Å².